The number of nitrogens with two attached hydrogens (primary N) is 1. The highest BCUT2D eigenvalue weighted by atomic mass is 31.2. The van der Waals surface area contributed by atoms with Crippen LogP contribution in [0.3, 0.4) is 0 Å². The number of nitrogen functional groups attached to an aromatic ring is 1. The molecule has 0 fully saturated rings. The van der Waals surface area contributed by atoms with Crippen LogP contribution in [-0.2, 0) is 23.2 Å². The first-order chi connectivity index (χ1) is 12.7. The fourth-order valence-electron chi connectivity index (χ4n) is 2.24. The van der Waals surface area contributed by atoms with Crippen molar-refractivity contribution in [1.82, 2.24) is 15.3 Å². The maximum absolute atomic E-state index is 12.3. The van der Waals surface area contributed by atoms with Crippen molar-refractivity contribution in [2.75, 3.05) is 43.6 Å². The molecule has 0 aromatic carbocycles. The Morgan fingerprint density at radius 2 is 1.89 bits per heavy atom. The number of aryl methyl sites for hydroxylation is 1. The minimum Gasteiger partial charge on any atom is -0.382 e. The summed E-state index contributed by atoms with van der Waals surface area (Å²) in [6.45, 7) is 5.80. The number of nitrogens with one attached hydrogen (secondary N) is 1. The van der Waals surface area contributed by atoms with E-state index in [9.17, 15) is 14.2 Å². The lowest BCUT2D eigenvalue weighted by Gasteiger charge is -2.18. The van der Waals surface area contributed by atoms with E-state index in [1.54, 1.807) is 27.8 Å². The summed E-state index contributed by atoms with van der Waals surface area (Å²) >= 11 is 0. The van der Waals surface area contributed by atoms with Gasteiger partial charge < -0.3 is 25.0 Å². The van der Waals surface area contributed by atoms with Gasteiger partial charge in [0.15, 0.2) is 5.82 Å². The molecule has 0 saturated heterocycles. The monoisotopic (exact) mass is 401 g/mol. The molecule has 10 nitrogen and oxygen atoms in total. The van der Waals surface area contributed by atoms with Crippen molar-refractivity contribution in [2.45, 2.75) is 33.6 Å². The van der Waals surface area contributed by atoms with Crippen molar-refractivity contribution in [2.24, 2.45) is 0 Å². The van der Waals surface area contributed by atoms with Gasteiger partial charge >= 0.3 is 7.60 Å². The molecule has 0 unspecified atom stereocenters. The predicted molar refractivity (Wildman–Crippen MR) is 103 cm³/mol. The number of aromatic nitrogens is 2. The van der Waals surface area contributed by atoms with Crippen LogP contribution in [0.1, 0.15) is 32.5 Å². The van der Waals surface area contributed by atoms with E-state index >= 15 is 0 Å². The van der Waals surface area contributed by atoms with Gasteiger partial charge in [-0.1, -0.05) is 0 Å². The van der Waals surface area contributed by atoms with Crippen LogP contribution < -0.4 is 16.0 Å². The maximum atomic E-state index is 12.3. The Hall–Kier alpha value is -2.03. The molecule has 0 radical (unpaired) electrons. The SMILES string of the molecule is CCOP(=O)(CCNC(=O)CCC(=O)N(C)c1cnc(C)nc1N)OCC. The van der Waals surface area contributed by atoms with E-state index in [1.165, 1.54) is 11.1 Å². The van der Waals surface area contributed by atoms with Crippen LogP contribution >= 0.6 is 7.60 Å². The fourth-order valence-corrected chi connectivity index (χ4v) is 3.75. The minimum atomic E-state index is -3.20. The molecule has 27 heavy (non-hydrogen) atoms. The van der Waals surface area contributed by atoms with Gasteiger partial charge in [0.25, 0.3) is 0 Å². The molecule has 0 aliphatic carbocycles. The first kappa shape index (κ1) is 23.0. The average molecular weight is 401 g/mol. The Morgan fingerprint density at radius 3 is 2.44 bits per heavy atom. The van der Waals surface area contributed by atoms with Gasteiger partial charge in [0.05, 0.1) is 25.6 Å². The molecule has 0 atom stereocenters. The third kappa shape index (κ3) is 7.62. The van der Waals surface area contributed by atoms with Gasteiger partial charge in [0, 0.05) is 26.4 Å². The zero-order valence-electron chi connectivity index (χ0n) is 16.2. The molecule has 0 spiro atoms. The molecular formula is C16H28N5O5P. The summed E-state index contributed by atoms with van der Waals surface area (Å²) in [5, 5.41) is 2.62. The summed E-state index contributed by atoms with van der Waals surface area (Å²) < 4.78 is 22.6. The van der Waals surface area contributed by atoms with E-state index in [0.717, 1.165) is 0 Å². The molecular weight excluding hydrogens is 373 g/mol. The lowest BCUT2D eigenvalue weighted by atomic mass is 10.2. The molecule has 1 rings (SSSR count). The zero-order chi connectivity index (χ0) is 20.4. The second kappa shape index (κ2) is 11.0. The van der Waals surface area contributed by atoms with Gasteiger partial charge in [0.1, 0.15) is 11.5 Å². The summed E-state index contributed by atoms with van der Waals surface area (Å²) in [7, 11) is -1.65. The lowest BCUT2D eigenvalue weighted by Crippen LogP contribution is -2.31. The first-order valence-electron chi connectivity index (χ1n) is 8.73. The second-order valence-electron chi connectivity index (χ2n) is 5.66. The molecule has 2 amide bonds. The maximum Gasteiger partial charge on any atom is 0.332 e. The van der Waals surface area contributed by atoms with Crippen molar-refractivity contribution >= 4 is 30.9 Å². The van der Waals surface area contributed by atoms with E-state index < -0.39 is 7.60 Å². The fraction of sp³-hybridized carbons (Fsp3) is 0.625. The summed E-state index contributed by atoms with van der Waals surface area (Å²) in [6, 6.07) is 0. The van der Waals surface area contributed by atoms with Crippen LogP contribution in [0.4, 0.5) is 11.5 Å². The zero-order valence-corrected chi connectivity index (χ0v) is 17.1. The molecule has 11 heteroatoms. The van der Waals surface area contributed by atoms with Crippen LogP contribution in [0.15, 0.2) is 6.20 Å². The Labute approximate surface area is 159 Å². The highest BCUT2D eigenvalue weighted by Crippen LogP contribution is 2.47. The number of carbonyl (C=O) groups excluding carboxylic acids is 2. The molecule has 0 bridgehead atoms. The summed E-state index contributed by atoms with van der Waals surface area (Å²) in [4.78, 5) is 33.5. The topological polar surface area (TPSA) is 137 Å². The second-order valence-corrected chi connectivity index (χ2v) is 7.85. The standard InChI is InChI=1S/C16H28N5O5P/c1-5-25-27(24,26-6-2)10-9-18-14(22)7-8-15(23)21(4)13-11-19-12(3)20-16(13)17/h11H,5-10H2,1-4H3,(H,18,22)(H2,17,19,20). The van der Waals surface area contributed by atoms with Crippen molar-refractivity contribution in [3.05, 3.63) is 12.0 Å². The van der Waals surface area contributed by atoms with E-state index in [2.05, 4.69) is 15.3 Å². The van der Waals surface area contributed by atoms with Gasteiger partial charge in [-0.05, 0) is 20.8 Å². The van der Waals surface area contributed by atoms with Gasteiger partial charge in [0.2, 0.25) is 11.8 Å². The Balaban J connectivity index is 2.45. The number of amides is 2. The van der Waals surface area contributed by atoms with Gasteiger partial charge in [-0.3, -0.25) is 14.2 Å². The molecule has 0 aliphatic heterocycles. The Bertz CT molecular complexity index is 690. The number of carbonyl (C=O) groups is 2. The highest BCUT2D eigenvalue weighted by molar-refractivity contribution is 7.53. The molecule has 1 aromatic rings. The van der Waals surface area contributed by atoms with Crippen molar-refractivity contribution < 1.29 is 23.2 Å². The van der Waals surface area contributed by atoms with E-state index in [-0.39, 0.29) is 56.4 Å². The molecule has 152 valence electrons. The van der Waals surface area contributed by atoms with Crippen LogP contribution in [-0.4, -0.2) is 54.8 Å². The van der Waals surface area contributed by atoms with Gasteiger partial charge in [-0.15, -0.1) is 0 Å². The van der Waals surface area contributed by atoms with Gasteiger partial charge in [-0.25, -0.2) is 9.97 Å². The first-order valence-corrected chi connectivity index (χ1v) is 10.5. The summed E-state index contributed by atoms with van der Waals surface area (Å²) in [6.07, 6.45) is 1.52. The molecule has 1 heterocycles. The number of hydrogen-bond acceptors (Lipinski definition) is 8. The molecule has 1 aromatic heterocycles. The van der Waals surface area contributed by atoms with Crippen LogP contribution in [0.25, 0.3) is 0 Å². The van der Waals surface area contributed by atoms with E-state index in [4.69, 9.17) is 14.8 Å². The van der Waals surface area contributed by atoms with E-state index in [1.807, 2.05) is 0 Å². The minimum absolute atomic E-state index is 0.00969. The van der Waals surface area contributed by atoms with Crippen molar-refractivity contribution in [1.29, 1.82) is 0 Å². The third-order valence-electron chi connectivity index (χ3n) is 3.58. The average Bonchev–Trinajstić information content (AvgIpc) is 2.59. The van der Waals surface area contributed by atoms with Crippen LogP contribution in [0, 0.1) is 6.92 Å². The number of anilines is 2. The van der Waals surface area contributed by atoms with Crippen LogP contribution in [0.5, 0.6) is 0 Å². The quantitative estimate of drug-likeness (QED) is 0.532. The Morgan fingerprint density at radius 1 is 1.26 bits per heavy atom. The van der Waals surface area contributed by atoms with Gasteiger partial charge in [-0.2, -0.15) is 0 Å². The molecule has 3 N–H and O–H groups in total. The molecule has 0 saturated carbocycles. The molecule has 0 aliphatic rings. The van der Waals surface area contributed by atoms with Crippen molar-refractivity contribution in [3.8, 4) is 0 Å². The summed E-state index contributed by atoms with van der Waals surface area (Å²) in [5.41, 5.74) is 6.19. The van der Waals surface area contributed by atoms with E-state index in [0.29, 0.717) is 11.5 Å². The normalized spacial score (nSPS) is 11.3. The summed E-state index contributed by atoms with van der Waals surface area (Å²) in [5.74, 6) is 0.0845. The smallest absolute Gasteiger partial charge is 0.332 e. The number of hydrogen-bond donors (Lipinski definition) is 2. The Kier molecular flexibility index (Phi) is 9.34. The van der Waals surface area contributed by atoms with Crippen molar-refractivity contribution in [3.63, 3.8) is 0 Å². The third-order valence-corrected chi connectivity index (χ3v) is 5.65. The predicted octanol–water partition coefficient (Wildman–Crippen LogP) is 1.49. The largest absolute Gasteiger partial charge is 0.382 e. The number of nitrogens with zero attached hydrogens (tertiary/aromatic N) is 3. The lowest BCUT2D eigenvalue weighted by molar-refractivity contribution is -0.125. The number of rotatable bonds is 11. The van der Waals surface area contributed by atoms with Crippen LogP contribution in [0.2, 0.25) is 0 Å². The highest BCUT2D eigenvalue weighted by Gasteiger charge is 2.23.